The van der Waals surface area contributed by atoms with Crippen LogP contribution in [0.2, 0.25) is 0 Å². The number of pyridine rings is 1. The first kappa shape index (κ1) is 15.3. The van der Waals surface area contributed by atoms with Gasteiger partial charge >= 0.3 is 5.97 Å². The van der Waals surface area contributed by atoms with E-state index in [1.54, 1.807) is 0 Å². The fraction of sp³-hybridized carbons (Fsp3) is 0.300. The molecule has 0 saturated heterocycles. The van der Waals surface area contributed by atoms with E-state index in [1.807, 2.05) is 4.98 Å². The number of nitro groups is 1. The van der Waals surface area contributed by atoms with Crippen molar-refractivity contribution in [3.63, 3.8) is 0 Å². The van der Waals surface area contributed by atoms with Crippen molar-refractivity contribution in [2.45, 2.75) is 6.10 Å². The number of hydrogen-bond acceptors (Lipinski definition) is 6. The largest absolute Gasteiger partial charge is 0.479 e. The summed E-state index contributed by atoms with van der Waals surface area (Å²) < 4.78 is 4.58. The quantitative estimate of drug-likeness (QED) is 0.453. The van der Waals surface area contributed by atoms with Gasteiger partial charge in [0.1, 0.15) is 5.56 Å². The number of aromatic amines is 1. The summed E-state index contributed by atoms with van der Waals surface area (Å²) in [7, 11) is 1.14. The van der Waals surface area contributed by atoms with Crippen molar-refractivity contribution in [1.82, 2.24) is 10.3 Å². The number of carbonyl (C=O) groups excluding carboxylic acids is 1. The van der Waals surface area contributed by atoms with Crippen LogP contribution in [0.4, 0.5) is 5.69 Å². The van der Waals surface area contributed by atoms with E-state index in [9.17, 15) is 24.5 Å². The number of methoxy groups -OCH3 is 1. The number of carboxylic acids is 1. The van der Waals surface area contributed by atoms with E-state index in [4.69, 9.17) is 5.11 Å². The maximum atomic E-state index is 11.7. The van der Waals surface area contributed by atoms with Gasteiger partial charge in [-0.1, -0.05) is 0 Å². The first-order valence-corrected chi connectivity index (χ1v) is 5.27. The highest BCUT2D eigenvalue weighted by Crippen LogP contribution is 2.08. The lowest BCUT2D eigenvalue weighted by molar-refractivity contribution is -0.385. The van der Waals surface area contributed by atoms with Crippen molar-refractivity contribution in [3.8, 4) is 0 Å². The van der Waals surface area contributed by atoms with Gasteiger partial charge in [0.05, 0.1) is 17.7 Å². The molecule has 1 unspecified atom stereocenters. The maximum absolute atomic E-state index is 11.7. The summed E-state index contributed by atoms with van der Waals surface area (Å²) in [5, 5.41) is 21.4. The second kappa shape index (κ2) is 6.43. The van der Waals surface area contributed by atoms with E-state index in [1.165, 1.54) is 0 Å². The molecule has 1 atom stereocenters. The first-order valence-electron chi connectivity index (χ1n) is 5.27. The summed E-state index contributed by atoms with van der Waals surface area (Å²) >= 11 is 0. The first-order chi connectivity index (χ1) is 9.36. The molecule has 1 aromatic heterocycles. The van der Waals surface area contributed by atoms with Gasteiger partial charge in [0.2, 0.25) is 0 Å². The van der Waals surface area contributed by atoms with Crippen LogP contribution < -0.4 is 10.9 Å². The molecule has 0 spiro atoms. The Labute approximate surface area is 111 Å². The lowest BCUT2D eigenvalue weighted by Crippen LogP contribution is -2.39. The summed E-state index contributed by atoms with van der Waals surface area (Å²) in [6.07, 6.45) is -0.425. The average molecular weight is 285 g/mol. The van der Waals surface area contributed by atoms with Gasteiger partial charge in [0.15, 0.2) is 6.10 Å². The molecule has 1 amide bonds. The molecule has 0 aliphatic carbocycles. The number of amides is 1. The van der Waals surface area contributed by atoms with Gasteiger partial charge in [0, 0.05) is 13.2 Å². The van der Waals surface area contributed by atoms with Crippen LogP contribution in [0.1, 0.15) is 10.4 Å². The molecule has 0 aliphatic heterocycles. The van der Waals surface area contributed by atoms with Gasteiger partial charge in [-0.2, -0.15) is 0 Å². The third-order valence-electron chi connectivity index (χ3n) is 2.35. The maximum Gasteiger partial charge on any atom is 0.334 e. The van der Waals surface area contributed by atoms with Crippen LogP contribution in [0.15, 0.2) is 17.1 Å². The molecule has 0 bridgehead atoms. The Hall–Kier alpha value is -2.75. The Morgan fingerprint density at radius 3 is 2.75 bits per heavy atom. The Kier molecular flexibility index (Phi) is 4.92. The molecule has 10 heteroatoms. The van der Waals surface area contributed by atoms with E-state index < -0.39 is 39.7 Å². The summed E-state index contributed by atoms with van der Waals surface area (Å²) in [6.45, 7) is -0.382. The standard InChI is InChI=1S/C10H11N3O7/c1-20-7(10(16)17)4-12-9(15)6-2-5(13(18)19)3-11-8(6)14/h2-3,7H,4H2,1H3,(H,11,14)(H,12,15)(H,16,17). The fourth-order valence-corrected chi connectivity index (χ4v) is 1.30. The van der Waals surface area contributed by atoms with Crippen LogP contribution >= 0.6 is 0 Å². The molecule has 0 aliphatic rings. The smallest absolute Gasteiger partial charge is 0.334 e. The van der Waals surface area contributed by atoms with Crippen LogP contribution in [0.3, 0.4) is 0 Å². The van der Waals surface area contributed by atoms with E-state index >= 15 is 0 Å². The third kappa shape index (κ3) is 3.62. The van der Waals surface area contributed by atoms with Crippen molar-refractivity contribution < 1.29 is 24.4 Å². The minimum atomic E-state index is -1.29. The third-order valence-corrected chi connectivity index (χ3v) is 2.35. The molecule has 0 radical (unpaired) electrons. The van der Waals surface area contributed by atoms with Gasteiger partial charge in [-0.25, -0.2) is 4.79 Å². The predicted octanol–water partition coefficient (Wildman–Crippen LogP) is -0.887. The van der Waals surface area contributed by atoms with Crippen LogP contribution in [0.5, 0.6) is 0 Å². The molecular formula is C10H11N3O7. The molecule has 0 fully saturated rings. The Morgan fingerprint density at radius 1 is 1.60 bits per heavy atom. The molecule has 10 nitrogen and oxygen atoms in total. The number of rotatable bonds is 6. The van der Waals surface area contributed by atoms with Crippen LogP contribution in [-0.4, -0.2) is 46.6 Å². The number of nitrogens with one attached hydrogen (secondary N) is 2. The van der Waals surface area contributed by atoms with Crippen molar-refractivity contribution in [1.29, 1.82) is 0 Å². The highest BCUT2D eigenvalue weighted by atomic mass is 16.6. The SMILES string of the molecule is COC(CNC(=O)c1cc([N+](=O)[O-])c[nH]c1=O)C(=O)O. The molecule has 108 valence electrons. The number of carbonyl (C=O) groups is 2. The molecule has 0 aromatic carbocycles. The molecular weight excluding hydrogens is 274 g/mol. The molecule has 20 heavy (non-hydrogen) atoms. The number of aromatic nitrogens is 1. The minimum Gasteiger partial charge on any atom is -0.479 e. The fourth-order valence-electron chi connectivity index (χ4n) is 1.30. The minimum absolute atomic E-state index is 0.382. The van der Waals surface area contributed by atoms with E-state index in [0.717, 1.165) is 19.4 Å². The van der Waals surface area contributed by atoms with E-state index in [0.29, 0.717) is 0 Å². The highest BCUT2D eigenvalue weighted by molar-refractivity contribution is 5.94. The highest BCUT2D eigenvalue weighted by Gasteiger charge is 2.20. The summed E-state index contributed by atoms with van der Waals surface area (Å²) in [4.78, 5) is 45.6. The second-order valence-electron chi connectivity index (χ2n) is 3.63. The topological polar surface area (TPSA) is 152 Å². The zero-order valence-corrected chi connectivity index (χ0v) is 10.3. The van der Waals surface area contributed by atoms with Crippen molar-refractivity contribution in [3.05, 3.63) is 38.3 Å². The van der Waals surface area contributed by atoms with Gasteiger partial charge < -0.3 is 20.1 Å². The number of aliphatic carboxylic acids is 1. The second-order valence-corrected chi connectivity index (χ2v) is 3.63. The average Bonchev–Trinajstić information content (AvgIpc) is 2.38. The summed E-state index contributed by atoms with van der Waals surface area (Å²) in [5.41, 5.74) is -1.77. The van der Waals surface area contributed by atoms with Gasteiger partial charge in [-0.05, 0) is 0 Å². The van der Waals surface area contributed by atoms with Crippen molar-refractivity contribution in [2.75, 3.05) is 13.7 Å². The van der Waals surface area contributed by atoms with Gasteiger partial charge in [-0.3, -0.25) is 19.7 Å². The lowest BCUT2D eigenvalue weighted by Gasteiger charge is -2.11. The monoisotopic (exact) mass is 285 g/mol. The number of nitrogens with zero attached hydrogens (tertiary/aromatic N) is 1. The van der Waals surface area contributed by atoms with Crippen LogP contribution in [0.25, 0.3) is 0 Å². The zero-order valence-electron chi connectivity index (χ0n) is 10.3. The van der Waals surface area contributed by atoms with E-state index in [-0.39, 0.29) is 6.54 Å². The molecule has 1 aromatic rings. The number of hydrogen-bond donors (Lipinski definition) is 3. The summed E-state index contributed by atoms with van der Waals surface area (Å²) in [5.74, 6) is -2.22. The number of carboxylic acid groups (broad SMARTS) is 1. The van der Waals surface area contributed by atoms with E-state index in [2.05, 4.69) is 10.1 Å². The normalized spacial score (nSPS) is 11.7. The summed E-state index contributed by atoms with van der Waals surface area (Å²) in [6, 6.07) is 0.802. The lowest BCUT2D eigenvalue weighted by atomic mass is 10.2. The molecule has 0 saturated carbocycles. The number of ether oxygens (including phenoxy) is 1. The Bertz CT molecular complexity index is 595. The van der Waals surface area contributed by atoms with Crippen LogP contribution in [-0.2, 0) is 9.53 Å². The van der Waals surface area contributed by atoms with Crippen LogP contribution in [0, 0.1) is 10.1 Å². The molecule has 3 N–H and O–H groups in total. The van der Waals surface area contributed by atoms with Gasteiger partial charge in [0.25, 0.3) is 17.2 Å². The zero-order chi connectivity index (χ0) is 15.3. The van der Waals surface area contributed by atoms with Crippen molar-refractivity contribution in [2.24, 2.45) is 0 Å². The predicted molar refractivity (Wildman–Crippen MR) is 64.5 cm³/mol. The Morgan fingerprint density at radius 2 is 2.25 bits per heavy atom. The molecule has 1 rings (SSSR count). The molecule has 1 heterocycles. The van der Waals surface area contributed by atoms with Crippen molar-refractivity contribution >= 4 is 17.6 Å². The Balaban J connectivity index is 2.87. The van der Waals surface area contributed by atoms with Gasteiger partial charge in [-0.15, -0.1) is 0 Å². The number of H-pyrrole nitrogens is 1.